The summed E-state index contributed by atoms with van der Waals surface area (Å²) >= 11 is 0. The molecular weight excluding hydrogens is 308 g/mol. The number of benzene rings is 1. The van der Waals surface area contributed by atoms with Gasteiger partial charge in [0.1, 0.15) is 10.7 Å². The quantitative estimate of drug-likeness (QED) is 0.923. The van der Waals surface area contributed by atoms with Crippen molar-refractivity contribution in [3.63, 3.8) is 0 Å². The molecular formula is C18H24N2O2S. The molecule has 3 rings (SSSR count). The van der Waals surface area contributed by atoms with Gasteiger partial charge in [0.15, 0.2) is 0 Å². The molecule has 1 aliphatic rings. The van der Waals surface area contributed by atoms with Crippen molar-refractivity contribution in [1.29, 1.82) is 0 Å². The smallest absolute Gasteiger partial charge is 0.210 e. The van der Waals surface area contributed by atoms with Crippen molar-refractivity contribution in [3.05, 3.63) is 41.6 Å². The van der Waals surface area contributed by atoms with E-state index in [-0.39, 0.29) is 4.90 Å². The summed E-state index contributed by atoms with van der Waals surface area (Å²) in [5.74, 6) is 0.399. The summed E-state index contributed by atoms with van der Waals surface area (Å²) in [5, 5.41) is 0. The molecule has 0 spiro atoms. The Morgan fingerprint density at radius 2 is 1.65 bits per heavy atom. The predicted octanol–water partition coefficient (Wildman–Crippen LogP) is 4.03. The molecule has 2 N–H and O–H groups in total. The molecule has 124 valence electrons. The van der Waals surface area contributed by atoms with Crippen molar-refractivity contribution in [1.82, 2.24) is 4.57 Å². The van der Waals surface area contributed by atoms with Crippen molar-refractivity contribution in [2.24, 2.45) is 0 Å². The Labute approximate surface area is 138 Å². The first-order chi connectivity index (χ1) is 10.9. The maximum atomic E-state index is 13.0. The van der Waals surface area contributed by atoms with Crippen molar-refractivity contribution in [2.45, 2.75) is 61.8 Å². The SMILES string of the molecule is Cc1c(S(=O)(=O)c2ccccc2)c(N)n(C2CCCCC2)c1C. The van der Waals surface area contributed by atoms with Crippen molar-refractivity contribution < 1.29 is 8.42 Å². The lowest BCUT2D eigenvalue weighted by Crippen LogP contribution is -2.16. The Hall–Kier alpha value is -1.75. The predicted molar refractivity (Wildman–Crippen MR) is 92.3 cm³/mol. The van der Waals surface area contributed by atoms with Crippen molar-refractivity contribution in [2.75, 3.05) is 5.73 Å². The third-order valence-electron chi connectivity index (χ3n) is 5.00. The first-order valence-corrected chi connectivity index (χ1v) is 9.70. The summed E-state index contributed by atoms with van der Waals surface area (Å²) in [5.41, 5.74) is 8.09. The van der Waals surface area contributed by atoms with Crippen LogP contribution >= 0.6 is 0 Å². The second kappa shape index (κ2) is 6.04. The summed E-state index contributed by atoms with van der Waals surface area (Å²) in [6.07, 6.45) is 5.77. The highest BCUT2D eigenvalue weighted by Gasteiger charge is 2.30. The van der Waals surface area contributed by atoms with Crippen LogP contribution in [0.25, 0.3) is 0 Å². The van der Waals surface area contributed by atoms with Crippen molar-refractivity contribution in [3.8, 4) is 0 Å². The van der Waals surface area contributed by atoms with E-state index in [1.807, 2.05) is 19.9 Å². The molecule has 0 radical (unpaired) electrons. The molecule has 0 unspecified atom stereocenters. The average Bonchev–Trinajstić information content (AvgIpc) is 2.79. The third kappa shape index (κ3) is 2.67. The van der Waals surface area contributed by atoms with Crippen LogP contribution in [0.4, 0.5) is 5.82 Å². The van der Waals surface area contributed by atoms with Gasteiger partial charge in [-0.05, 0) is 44.4 Å². The van der Waals surface area contributed by atoms with Crippen LogP contribution in [0.1, 0.15) is 49.4 Å². The number of anilines is 1. The number of sulfone groups is 1. The molecule has 1 heterocycles. The summed E-state index contributed by atoms with van der Waals surface area (Å²) in [6.45, 7) is 3.84. The van der Waals surface area contributed by atoms with E-state index in [4.69, 9.17) is 5.73 Å². The molecule has 4 nitrogen and oxygen atoms in total. The Kier molecular flexibility index (Phi) is 4.23. The fourth-order valence-corrected chi connectivity index (χ4v) is 5.37. The second-order valence-corrected chi connectivity index (χ2v) is 8.29. The molecule has 0 amide bonds. The molecule has 23 heavy (non-hydrogen) atoms. The molecule has 1 aromatic heterocycles. The molecule has 0 bridgehead atoms. The van der Waals surface area contributed by atoms with Gasteiger partial charge in [0.25, 0.3) is 0 Å². The lowest BCUT2D eigenvalue weighted by Gasteiger charge is -2.26. The number of hydrogen-bond acceptors (Lipinski definition) is 3. The van der Waals surface area contributed by atoms with Gasteiger partial charge < -0.3 is 10.3 Å². The van der Waals surface area contributed by atoms with Gasteiger partial charge in [-0.2, -0.15) is 0 Å². The Morgan fingerprint density at radius 1 is 1.04 bits per heavy atom. The van der Waals surface area contributed by atoms with Gasteiger partial charge in [-0.3, -0.25) is 0 Å². The summed E-state index contributed by atoms with van der Waals surface area (Å²) in [6, 6.07) is 8.87. The fraction of sp³-hybridized carbons (Fsp3) is 0.444. The van der Waals surface area contributed by atoms with Gasteiger partial charge in [0.05, 0.1) is 4.90 Å². The zero-order valence-corrected chi connectivity index (χ0v) is 14.6. The molecule has 1 saturated carbocycles. The lowest BCUT2D eigenvalue weighted by molar-refractivity contribution is 0.352. The monoisotopic (exact) mass is 332 g/mol. The van der Waals surface area contributed by atoms with E-state index < -0.39 is 9.84 Å². The molecule has 0 atom stereocenters. The van der Waals surface area contributed by atoms with Gasteiger partial charge in [0, 0.05) is 11.7 Å². The Bertz CT molecular complexity index is 801. The molecule has 0 saturated heterocycles. The molecule has 5 heteroatoms. The van der Waals surface area contributed by atoms with Crippen LogP contribution in [-0.4, -0.2) is 13.0 Å². The van der Waals surface area contributed by atoms with Crippen LogP contribution in [0.5, 0.6) is 0 Å². The van der Waals surface area contributed by atoms with Crippen LogP contribution in [0.3, 0.4) is 0 Å². The maximum absolute atomic E-state index is 13.0. The number of rotatable bonds is 3. The zero-order chi connectivity index (χ0) is 16.6. The maximum Gasteiger partial charge on any atom is 0.210 e. The number of hydrogen-bond donors (Lipinski definition) is 1. The molecule has 0 aliphatic heterocycles. The van der Waals surface area contributed by atoms with E-state index in [1.54, 1.807) is 24.3 Å². The van der Waals surface area contributed by atoms with Gasteiger partial charge in [0.2, 0.25) is 9.84 Å². The van der Waals surface area contributed by atoms with E-state index >= 15 is 0 Å². The minimum absolute atomic E-state index is 0.284. The second-order valence-electron chi connectivity index (χ2n) is 6.40. The summed E-state index contributed by atoms with van der Waals surface area (Å²) in [4.78, 5) is 0.586. The number of nitrogens with two attached hydrogens (primary N) is 1. The molecule has 1 aliphatic carbocycles. The highest BCUT2D eigenvalue weighted by molar-refractivity contribution is 7.91. The average molecular weight is 332 g/mol. The van der Waals surface area contributed by atoms with Crippen LogP contribution in [-0.2, 0) is 9.84 Å². The van der Waals surface area contributed by atoms with Gasteiger partial charge in [-0.1, -0.05) is 37.5 Å². The van der Waals surface area contributed by atoms with Crippen LogP contribution in [0, 0.1) is 13.8 Å². The van der Waals surface area contributed by atoms with E-state index in [0.29, 0.717) is 16.8 Å². The molecule has 1 aromatic carbocycles. The first-order valence-electron chi connectivity index (χ1n) is 8.21. The molecule has 1 fully saturated rings. The number of nitrogen functional groups attached to an aromatic ring is 1. The highest BCUT2D eigenvalue weighted by atomic mass is 32.2. The lowest BCUT2D eigenvalue weighted by atomic mass is 9.95. The largest absolute Gasteiger partial charge is 0.384 e. The standard InChI is InChI=1S/C18H24N2O2S/c1-13-14(2)20(15-9-5-3-6-10-15)18(19)17(13)23(21,22)16-11-7-4-8-12-16/h4,7-8,11-12,15H,3,5-6,9-10,19H2,1-2H3. The summed E-state index contributed by atoms with van der Waals surface area (Å²) < 4.78 is 28.1. The third-order valence-corrected chi connectivity index (χ3v) is 6.94. The Morgan fingerprint density at radius 3 is 2.26 bits per heavy atom. The topological polar surface area (TPSA) is 65.1 Å². The number of aromatic nitrogens is 1. The van der Waals surface area contributed by atoms with Crippen LogP contribution in [0.2, 0.25) is 0 Å². The molecule has 2 aromatic rings. The fourth-order valence-electron chi connectivity index (χ4n) is 3.69. The van der Waals surface area contributed by atoms with Gasteiger partial charge >= 0.3 is 0 Å². The van der Waals surface area contributed by atoms with Crippen LogP contribution in [0.15, 0.2) is 40.1 Å². The normalized spacial score (nSPS) is 16.6. The Balaban J connectivity index is 2.14. The van der Waals surface area contributed by atoms with E-state index in [9.17, 15) is 8.42 Å². The van der Waals surface area contributed by atoms with Gasteiger partial charge in [-0.15, -0.1) is 0 Å². The highest BCUT2D eigenvalue weighted by Crippen LogP contribution is 2.39. The zero-order valence-electron chi connectivity index (χ0n) is 13.7. The minimum Gasteiger partial charge on any atom is -0.384 e. The minimum atomic E-state index is -3.59. The first kappa shape index (κ1) is 16.1. The van der Waals surface area contributed by atoms with E-state index in [1.165, 1.54) is 19.3 Å². The van der Waals surface area contributed by atoms with Crippen molar-refractivity contribution >= 4 is 15.7 Å². The van der Waals surface area contributed by atoms with Crippen LogP contribution < -0.4 is 5.73 Å². The summed E-state index contributed by atoms with van der Waals surface area (Å²) in [7, 11) is -3.59. The van der Waals surface area contributed by atoms with E-state index in [2.05, 4.69) is 4.57 Å². The van der Waals surface area contributed by atoms with Gasteiger partial charge in [-0.25, -0.2) is 8.42 Å². The van der Waals surface area contributed by atoms with E-state index in [0.717, 1.165) is 24.1 Å². The number of nitrogens with zero attached hydrogens (tertiary/aromatic N) is 1.